The maximum atomic E-state index is 8.95. The molecule has 102 valence electrons. The molecule has 0 aromatic carbocycles. The molecule has 0 radical (unpaired) electrons. The number of hydrogen-bond acceptors (Lipinski definition) is 5. The van der Waals surface area contributed by atoms with E-state index in [1.165, 1.54) is 12.8 Å². The molecule has 0 amide bonds. The molecule has 1 atom stereocenters. The van der Waals surface area contributed by atoms with Gasteiger partial charge in [0, 0.05) is 32.2 Å². The van der Waals surface area contributed by atoms with E-state index in [4.69, 9.17) is 5.26 Å². The summed E-state index contributed by atoms with van der Waals surface area (Å²) in [5, 5.41) is 8.95. The van der Waals surface area contributed by atoms with Gasteiger partial charge in [0.1, 0.15) is 18.0 Å². The van der Waals surface area contributed by atoms with Crippen LogP contribution in [0.15, 0.2) is 12.4 Å². The molecule has 1 unspecified atom stereocenters. The molecular weight excluding hydrogens is 238 g/mol. The molecule has 0 aliphatic carbocycles. The Balaban J connectivity index is 2.21. The van der Waals surface area contributed by atoms with Gasteiger partial charge in [-0.25, -0.2) is 9.97 Å². The van der Waals surface area contributed by atoms with Crippen molar-refractivity contribution in [1.29, 1.82) is 5.26 Å². The van der Waals surface area contributed by atoms with Crippen LogP contribution >= 0.6 is 0 Å². The van der Waals surface area contributed by atoms with Gasteiger partial charge in [0.15, 0.2) is 0 Å². The highest BCUT2D eigenvalue weighted by molar-refractivity contribution is 5.50. The molecule has 1 aliphatic rings. The normalized spacial score (nSPS) is 19.0. The van der Waals surface area contributed by atoms with Crippen LogP contribution in [0.4, 0.5) is 11.6 Å². The zero-order valence-electron chi connectivity index (χ0n) is 11.7. The molecule has 0 saturated carbocycles. The van der Waals surface area contributed by atoms with Crippen LogP contribution in [0.2, 0.25) is 0 Å². The molecule has 0 N–H and O–H groups in total. The Morgan fingerprint density at radius 2 is 2.32 bits per heavy atom. The van der Waals surface area contributed by atoms with Gasteiger partial charge in [0.05, 0.1) is 12.5 Å². The molecule has 1 fully saturated rings. The fraction of sp³-hybridized carbons (Fsp3) is 0.643. The fourth-order valence-corrected chi connectivity index (χ4v) is 2.48. The molecular formula is C14H21N5. The first-order valence-electron chi connectivity index (χ1n) is 6.93. The van der Waals surface area contributed by atoms with Crippen molar-refractivity contribution < 1.29 is 0 Å². The van der Waals surface area contributed by atoms with Crippen LogP contribution in [0.5, 0.6) is 0 Å². The molecule has 5 heteroatoms. The predicted octanol–water partition coefficient (Wildman–Crippen LogP) is 2.21. The number of nitrogens with zero attached hydrogens (tertiary/aromatic N) is 5. The molecule has 19 heavy (non-hydrogen) atoms. The van der Waals surface area contributed by atoms with Crippen molar-refractivity contribution in [3.8, 4) is 6.07 Å². The largest absolute Gasteiger partial charge is 0.360 e. The fourth-order valence-electron chi connectivity index (χ4n) is 2.48. The van der Waals surface area contributed by atoms with Crippen LogP contribution in [-0.4, -0.2) is 36.1 Å². The summed E-state index contributed by atoms with van der Waals surface area (Å²) in [7, 11) is 2.02. The van der Waals surface area contributed by atoms with E-state index in [1.807, 2.05) is 13.1 Å². The van der Waals surface area contributed by atoms with E-state index >= 15 is 0 Å². The van der Waals surface area contributed by atoms with E-state index in [9.17, 15) is 0 Å². The van der Waals surface area contributed by atoms with Crippen LogP contribution in [-0.2, 0) is 0 Å². The van der Waals surface area contributed by atoms with Crippen molar-refractivity contribution in [2.24, 2.45) is 0 Å². The summed E-state index contributed by atoms with van der Waals surface area (Å²) in [6.45, 7) is 4.00. The first kappa shape index (κ1) is 13.6. The summed E-state index contributed by atoms with van der Waals surface area (Å²) in [5.41, 5.74) is 0. The number of rotatable bonds is 4. The molecule has 0 spiro atoms. The molecule has 1 aliphatic heterocycles. The first-order chi connectivity index (χ1) is 9.26. The van der Waals surface area contributed by atoms with Gasteiger partial charge in [-0.15, -0.1) is 0 Å². The molecule has 2 rings (SSSR count). The summed E-state index contributed by atoms with van der Waals surface area (Å²) in [6, 6.07) is 4.62. The molecule has 0 bridgehead atoms. The summed E-state index contributed by atoms with van der Waals surface area (Å²) in [4.78, 5) is 13.0. The van der Waals surface area contributed by atoms with E-state index in [2.05, 4.69) is 32.8 Å². The number of hydrogen-bond donors (Lipinski definition) is 0. The summed E-state index contributed by atoms with van der Waals surface area (Å²) < 4.78 is 0. The van der Waals surface area contributed by atoms with E-state index in [1.54, 1.807) is 6.33 Å². The lowest BCUT2D eigenvalue weighted by atomic mass is 10.00. The third kappa shape index (κ3) is 3.14. The van der Waals surface area contributed by atoms with Gasteiger partial charge in [-0.3, -0.25) is 0 Å². The topological polar surface area (TPSA) is 56.0 Å². The molecule has 1 aromatic rings. The maximum Gasteiger partial charge on any atom is 0.134 e. The Morgan fingerprint density at radius 3 is 3.05 bits per heavy atom. The highest BCUT2D eigenvalue weighted by atomic mass is 15.2. The average molecular weight is 259 g/mol. The van der Waals surface area contributed by atoms with Gasteiger partial charge in [-0.05, 0) is 26.2 Å². The number of piperidine rings is 1. The minimum atomic E-state index is 0.299. The number of aromatic nitrogens is 2. The SMILES string of the molecule is CCN(C)c1cc(N2CCCCC2CC#N)ncn1. The third-order valence-electron chi connectivity index (χ3n) is 3.75. The van der Waals surface area contributed by atoms with Crippen molar-refractivity contribution in [2.45, 2.75) is 38.6 Å². The highest BCUT2D eigenvalue weighted by Crippen LogP contribution is 2.26. The van der Waals surface area contributed by atoms with Crippen LogP contribution in [0, 0.1) is 11.3 Å². The second-order valence-corrected chi connectivity index (χ2v) is 4.95. The van der Waals surface area contributed by atoms with Gasteiger partial charge in [0.25, 0.3) is 0 Å². The predicted molar refractivity (Wildman–Crippen MR) is 76.2 cm³/mol. The summed E-state index contributed by atoms with van der Waals surface area (Å²) >= 11 is 0. The minimum absolute atomic E-state index is 0.299. The average Bonchev–Trinajstić information content (AvgIpc) is 2.47. The maximum absolute atomic E-state index is 8.95. The zero-order valence-corrected chi connectivity index (χ0v) is 11.7. The third-order valence-corrected chi connectivity index (χ3v) is 3.75. The van der Waals surface area contributed by atoms with Gasteiger partial charge in [-0.2, -0.15) is 5.26 Å². The second kappa shape index (κ2) is 6.37. The Hall–Kier alpha value is -1.83. The lowest BCUT2D eigenvalue weighted by molar-refractivity contribution is 0.461. The van der Waals surface area contributed by atoms with Crippen molar-refractivity contribution in [2.75, 3.05) is 29.9 Å². The van der Waals surface area contributed by atoms with Gasteiger partial charge in [-0.1, -0.05) is 0 Å². The molecule has 2 heterocycles. The molecule has 5 nitrogen and oxygen atoms in total. The lowest BCUT2D eigenvalue weighted by Crippen LogP contribution is -2.40. The summed E-state index contributed by atoms with van der Waals surface area (Å²) in [6.07, 6.45) is 5.65. The van der Waals surface area contributed by atoms with Crippen LogP contribution in [0.3, 0.4) is 0 Å². The molecule has 1 aromatic heterocycles. The Labute approximate surface area is 114 Å². The second-order valence-electron chi connectivity index (χ2n) is 4.95. The smallest absolute Gasteiger partial charge is 0.134 e. The Bertz CT molecular complexity index is 453. The molecule has 1 saturated heterocycles. The van der Waals surface area contributed by atoms with Gasteiger partial charge < -0.3 is 9.80 Å². The monoisotopic (exact) mass is 259 g/mol. The van der Waals surface area contributed by atoms with Crippen molar-refractivity contribution in [3.63, 3.8) is 0 Å². The Kier molecular flexibility index (Phi) is 4.56. The summed E-state index contributed by atoms with van der Waals surface area (Å²) in [5.74, 6) is 1.89. The van der Waals surface area contributed by atoms with Crippen molar-refractivity contribution in [3.05, 3.63) is 12.4 Å². The van der Waals surface area contributed by atoms with Crippen LogP contribution in [0.1, 0.15) is 32.6 Å². The van der Waals surface area contributed by atoms with Crippen molar-refractivity contribution >= 4 is 11.6 Å². The van der Waals surface area contributed by atoms with Crippen LogP contribution < -0.4 is 9.80 Å². The minimum Gasteiger partial charge on any atom is -0.360 e. The number of anilines is 2. The Morgan fingerprint density at radius 1 is 1.47 bits per heavy atom. The van der Waals surface area contributed by atoms with Gasteiger partial charge >= 0.3 is 0 Å². The van der Waals surface area contributed by atoms with E-state index in [-0.39, 0.29) is 0 Å². The van der Waals surface area contributed by atoms with E-state index in [0.29, 0.717) is 12.5 Å². The number of nitriles is 1. The quantitative estimate of drug-likeness (QED) is 0.829. The van der Waals surface area contributed by atoms with Crippen molar-refractivity contribution in [1.82, 2.24) is 9.97 Å². The van der Waals surface area contributed by atoms with Gasteiger partial charge in [0.2, 0.25) is 0 Å². The highest BCUT2D eigenvalue weighted by Gasteiger charge is 2.23. The lowest BCUT2D eigenvalue weighted by Gasteiger charge is -2.35. The first-order valence-corrected chi connectivity index (χ1v) is 6.93. The standard InChI is InChI=1S/C14H21N5/c1-3-18(2)13-10-14(17-11-16-13)19-9-5-4-6-12(19)7-8-15/h10-12H,3-7,9H2,1-2H3. The zero-order chi connectivity index (χ0) is 13.7. The van der Waals surface area contributed by atoms with E-state index < -0.39 is 0 Å². The van der Waals surface area contributed by atoms with Crippen LogP contribution in [0.25, 0.3) is 0 Å². The van der Waals surface area contributed by atoms with E-state index in [0.717, 1.165) is 31.1 Å².